The highest BCUT2D eigenvalue weighted by molar-refractivity contribution is 5.78. The number of rotatable bonds is 8. The second-order valence-electron chi connectivity index (χ2n) is 7.22. The first-order chi connectivity index (χ1) is 15.5. The molecule has 32 heavy (non-hydrogen) atoms. The van der Waals surface area contributed by atoms with E-state index in [1.807, 2.05) is 30.3 Å². The lowest BCUT2D eigenvalue weighted by atomic mass is 10.1. The Labute approximate surface area is 182 Å². The molecule has 2 heterocycles. The van der Waals surface area contributed by atoms with Crippen molar-refractivity contribution in [3.63, 3.8) is 0 Å². The highest BCUT2D eigenvalue weighted by atomic mass is 16.6. The molecule has 1 N–H and O–H groups in total. The van der Waals surface area contributed by atoms with Gasteiger partial charge in [-0.1, -0.05) is 42.5 Å². The van der Waals surface area contributed by atoms with Crippen LogP contribution in [-0.4, -0.2) is 36.7 Å². The summed E-state index contributed by atoms with van der Waals surface area (Å²) in [6.07, 6.45) is 3.14. The molecule has 10 heteroatoms. The fraction of sp³-hybridized carbons (Fsp3) is 0.182. The quantitative estimate of drug-likeness (QED) is 0.335. The summed E-state index contributed by atoms with van der Waals surface area (Å²) in [5, 5.41) is 18.4. The van der Waals surface area contributed by atoms with E-state index in [0.717, 1.165) is 5.56 Å². The summed E-state index contributed by atoms with van der Waals surface area (Å²) in [5.74, 6) is -0.0973. The number of nitro groups is 1. The molecule has 0 aliphatic heterocycles. The number of benzene rings is 2. The number of carbonyl (C=O) groups is 1. The van der Waals surface area contributed by atoms with Gasteiger partial charge in [-0.3, -0.25) is 24.3 Å². The molecule has 0 aliphatic rings. The van der Waals surface area contributed by atoms with Crippen LogP contribution in [0.15, 0.2) is 71.9 Å². The summed E-state index contributed by atoms with van der Waals surface area (Å²) < 4.78 is 2.95. The van der Waals surface area contributed by atoms with Crippen molar-refractivity contribution in [3.05, 3.63) is 98.7 Å². The van der Waals surface area contributed by atoms with Gasteiger partial charge in [-0.05, 0) is 11.1 Å². The average Bonchev–Trinajstić information content (AvgIpc) is 3.20. The molecule has 162 valence electrons. The third-order valence-corrected chi connectivity index (χ3v) is 4.95. The van der Waals surface area contributed by atoms with Crippen molar-refractivity contribution >= 4 is 22.6 Å². The maximum absolute atomic E-state index is 12.8. The fourth-order valence-corrected chi connectivity index (χ4v) is 3.38. The van der Waals surface area contributed by atoms with Crippen LogP contribution in [0.4, 0.5) is 5.69 Å². The Morgan fingerprint density at radius 2 is 1.88 bits per heavy atom. The number of carbonyl (C=O) groups excluding carboxylic acids is 1. The summed E-state index contributed by atoms with van der Waals surface area (Å²) in [7, 11) is 0. The lowest BCUT2D eigenvalue weighted by molar-refractivity contribution is -0.384. The molecule has 0 saturated carbocycles. The van der Waals surface area contributed by atoms with Crippen LogP contribution < -0.4 is 10.9 Å². The largest absolute Gasteiger partial charge is 0.354 e. The van der Waals surface area contributed by atoms with Crippen molar-refractivity contribution in [3.8, 4) is 0 Å². The summed E-state index contributed by atoms with van der Waals surface area (Å²) >= 11 is 0. The Morgan fingerprint density at radius 1 is 1.09 bits per heavy atom. The van der Waals surface area contributed by atoms with Crippen molar-refractivity contribution in [1.29, 1.82) is 0 Å². The second kappa shape index (κ2) is 9.21. The zero-order chi connectivity index (χ0) is 22.5. The molecule has 0 bridgehead atoms. The monoisotopic (exact) mass is 432 g/mol. The maximum Gasteiger partial charge on any atom is 0.269 e. The smallest absolute Gasteiger partial charge is 0.269 e. The zero-order valence-electron chi connectivity index (χ0n) is 17.0. The number of amides is 1. The van der Waals surface area contributed by atoms with Crippen LogP contribution in [-0.2, 0) is 24.3 Å². The van der Waals surface area contributed by atoms with E-state index in [9.17, 15) is 19.7 Å². The first-order valence-electron chi connectivity index (χ1n) is 9.96. The minimum absolute atomic E-state index is 0.0354. The molecule has 4 rings (SSSR count). The van der Waals surface area contributed by atoms with E-state index in [0.29, 0.717) is 36.1 Å². The van der Waals surface area contributed by atoms with E-state index in [4.69, 9.17) is 0 Å². The summed E-state index contributed by atoms with van der Waals surface area (Å²) in [6.45, 7) is 0.871. The molecule has 0 radical (unpaired) electrons. The van der Waals surface area contributed by atoms with Gasteiger partial charge in [0.2, 0.25) is 5.91 Å². The average molecular weight is 432 g/mol. The lowest BCUT2D eigenvalue weighted by Crippen LogP contribution is -2.29. The van der Waals surface area contributed by atoms with Crippen molar-refractivity contribution < 1.29 is 9.72 Å². The standard InChI is InChI=1S/C22H20N6O4/c29-20(12-16-5-2-1-3-6-16)23-9-10-27-21-19(13-25-27)22(30)26(15-24-21)14-17-7-4-8-18(11-17)28(31)32/h1-8,11,13,15H,9-10,12,14H2,(H,23,29). The maximum atomic E-state index is 12.8. The number of aromatic nitrogens is 4. The van der Waals surface area contributed by atoms with Crippen LogP contribution >= 0.6 is 0 Å². The molecule has 4 aromatic rings. The third-order valence-electron chi connectivity index (χ3n) is 4.95. The van der Waals surface area contributed by atoms with Gasteiger partial charge >= 0.3 is 0 Å². The van der Waals surface area contributed by atoms with Gasteiger partial charge < -0.3 is 5.32 Å². The van der Waals surface area contributed by atoms with Crippen molar-refractivity contribution in [2.75, 3.05) is 6.54 Å². The molecule has 0 spiro atoms. The number of non-ortho nitro benzene ring substituents is 1. The molecule has 2 aromatic heterocycles. The molecule has 10 nitrogen and oxygen atoms in total. The van der Waals surface area contributed by atoms with E-state index in [1.54, 1.807) is 16.8 Å². The minimum Gasteiger partial charge on any atom is -0.354 e. The minimum atomic E-state index is -0.476. The SMILES string of the molecule is O=C(Cc1ccccc1)NCCn1ncc2c(=O)n(Cc3cccc([N+](=O)[O-])c3)cnc21. The second-order valence-corrected chi connectivity index (χ2v) is 7.22. The molecule has 0 aliphatic carbocycles. The number of nitrogens with one attached hydrogen (secondary N) is 1. The van der Waals surface area contributed by atoms with Crippen LogP contribution in [0.3, 0.4) is 0 Å². The Bertz CT molecular complexity index is 1330. The van der Waals surface area contributed by atoms with Gasteiger partial charge in [-0.15, -0.1) is 0 Å². The van der Waals surface area contributed by atoms with Gasteiger partial charge in [0.25, 0.3) is 11.2 Å². The van der Waals surface area contributed by atoms with Gasteiger partial charge in [-0.2, -0.15) is 5.10 Å². The van der Waals surface area contributed by atoms with Gasteiger partial charge in [0.15, 0.2) is 5.65 Å². The molecule has 0 saturated heterocycles. The molecule has 0 atom stereocenters. The number of nitrogens with zero attached hydrogens (tertiary/aromatic N) is 5. The molecular weight excluding hydrogens is 412 g/mol. The Balaban J connectivity index is 1.42. The number of hydrogen-bond donors (Lipinski definition) is 1. The van der Waals surface area contributed by atoms with E-state index in [1.165, 1.54) is 29.2 Å². The number of hydrogen-bond acceptors (Lipinski definition) is 6. The Morgan fingerprint density at radius 3 is 2.66 bits per heavy atom. The summed E-state index contributed by atoms with van der Waals surface area (Å²) in [4.78, 5) is 39.7. The Hall–Kier alpha value is -4.34. The summed E-state index contributed by atoms with van der Waals surface area (Å²) in [6, 6.07) is 15.6. The molecule has 0 unspecified atom stereocenters. The molecular formula is C22H20N6O4. The predicted molar refractivity (Wildman–Crippen MR) is 117 cm³/mol. The lowest BCUT2D eigenvalue weighted by Gasteiger charge is -2.08. The first kappa shape index (κ1) is 20.9. The van der Waals surface area contributed by atoms with Crippen molar-refractivity contribution in [1.82, 2.24) is 24.6 Å². The highest BCUT2D eigenvalue weighted by Gasteiger charge is 2.12. The molecule has 2 aromatic carbocycles. The van der Waals surface area contributed by atoms with E-state index >= 15 is 0 Å². The van der Waals surface area contributed by atoms with E-state index < -0.39 is 4.92 Å². The number of nitro benzene ring substituents is 1. The van der Waals surface area contributed by atoms with Gasteiger partial charge in [-0.25, -0.2) is 9.67 Å². The zero-order valence-corrected chi connectivity index (χ0v) is 17.0. The topological polar surface area (TPSA) is 125 Å². The molecule has 1 amide bonds. The van der Waals surface area contributed by atoms with Crippen LogP contribution in [0.5, 0.6) is 0 Å². The summed E-state index contributed by atoms with van der Waals surface area (Å²) in [5.41, 5.74) is 1.65. The number of fused-ring (bicyclic) bond motifs is 1. The van der Waals surface area contributed by atoms with Crippen LogP contribution in [0.2, 0.25) is 0 Å². The predicted octanol–water partition coefficient (Wildman–Crippen LogP) is 1.91. The molecule has 0 fully saturated rings. The van der Waals surface area contributed by atoms with Crippen molar-refractivity contribution in [2.24, 2.45) is 0 Å². The third kappa shape index (κ3) is 4.69. The van der Waals surface area contributed by atoms with Crippen LogP contribution in [0.1, 0.15) is 11.1 Å². The van der Waals surface area contributed by atoms with Crippen LogP contribution in [0, 0.1) is 10.1 Å². The van der Waals surface area contributed by atoms with Gasteiger partial charge in [0, 0.05) is 18.7 Å². The first-order valence-corrected chi connectivity index (χ1v) is 9.96. The van der Waals surface area contributed by atoms with Crippen molar-refractivity contribution in [2.45, 2.75) is 19.5 Å². The van der Waals surface area contributed by atoms with E-state index in [-0.39, 0.29) is 23.7 Å². The normalized spacial score (nSPS) is 10.9. The van der Waals surface area contributed by atoms with Gasteiger partial charge in [0.1, 0.15) is 11.7 Å². The fourth-order valence-electron chi connectivity index (χ4n) is 3.38. The highest BCUT2D eigenvalue weighted by Crippen LogP contribution is 2.14. The Kier molecular flexibility index (Phi) is 6.02. The van der Waals surface area contributed by atoms with Crippen LogP contribution in [0.25, 0.3) is 11.0 Å². The van der Waals surface area contributed by atoms with E-state index in [2.05, 4.69) is 15.4 Å². The van der Waals surface area contributed by atoms with Gasteiger partial charge in [0.05, 0.1) is 30.6 Å².